The number of aryl methyl sites for hydroxylation is 2. The molecule has 1 aromatic carbocycles. The lowest BCUT2D eigenvalue weighted by molar-refractivity contribution is 0.174. The van der Waals surface area contributed by atoms with Crippen LogP contribution in [0.5, 0.6) is 11.5 Å². The quantitative estimate of drug-likeness (QED) is 0.448. The molecule has 8 heteroatoms. The molecule has 130 valence electrons. The molecule has 0 bridgehead atoms. The van der Waals surface area contributed by atoms with E-state index in [0.717, 1.165) is 42.2 Å². The van der Waals surface area contributed by atoms with Crippen molar-refractivity contribution in [3.63, 3.8) is 0 Å². The highest BCUT2D eigenvalue weighted by Gasteiger charge is 2.18. The highest BCUT2D eigenvalue weighted by Crippen LogP contribution is 2.39. The summed E-state index contributed by atoms with van der Waals surface area (Å²) in [5, 5.41) is 1.45. The van der Waals surface area contributed by atoms with Crippen LogP contribution in [-0.2, 0) is 12.8 Å². The smallest absolute Gasteiger partial charge is 0.262 e. The van der Waals surface area contributed by atoms with Crippen molar-refractivity contribution in [2.75, 3.05) is 6.79 Å². The second-order valence-corrected chi connectivity index (χ2v) is 8.81. The van der Waals surface area contributed by atoms with Crippen molar-refractivity contribution >= 4 is 49.2 Å². The molecule has 0 aliphatic carbocycles. The number of hydrogen-bond donors (Lipinski definition) is 0. The first-order valence-electron chi connectivity index (χ1n) is 7.63. The van der Waals surface area contributed by atoms with Crippen LogP contribution in [0.25, 0.3) is 10.2 Å². The predicted molar refractivity (Wildman–Crippen MR) is 104 cm³/mol. The maximum atomic E-state index is 12.7. The number of thioether (sulfide) groups is 1. The van der Waals surface area contributed by atoms with Gasteiger partial charge >= 0.3 is 0 Å². The van der Waals surface area contributed by atoms with Gasteiger partial charge in [-0.15, -0.1) is 11.3 Å². The van der Waals surface area contributed by atoms with Gasteiger partial charge in [0, 0.05) is 22.2 Å². The lowest BCUT2D eigenvalue weighted by atomic mass is 10.2. The maximum absolute atomic E-state index is 12.7. The van der Waals surface area contributed by atoms with Crippen molar-refractivity contribution in [1.82, 2.24) is 9.55 Å². The average Bonchev–Trinajstić information content (AvgIpc) is 3.13. The van der Waals surface area contributed by atoms with E-state index in [1.54, 1.807) is 23.0 Å². The zero-order valence-electron chi connectivity index (χ0n) is 13.9. The zero-order chi connectivity index (χ0) is 17.7. The van der Waals surface area contributed by atoms with Crippen molar-refractivity contribution in [2.45, 2.75) is 24.8 Å². The molecule has 4 rings (SSSR count). The third kappa shape index (κ3) is 2.86. The Bertz CT molecular complexity index is 1060. The number of aromatic nitrogens is 2. The molecule has 1 aliphatic rings. The van der Waals surface area contributed by atoms with E-state index in [9.17, 15) is 4.79 Å². The summed E-state index contributed by atoms with van der Waals surface area (Å²) in [7, 11) is 1.78. The number of benzene rings is 1. The summed E-state index contributed by atoms with van der Waals surface area (Å²) in [5.74, 6) is 2.17. The average molecular weight is 439 g/mol. The van der Waals surface area contributed by atoms with Gasteiger partial charge in [-0.1, -0.05) is 27.7 Å². The van der Waals surface area contributed by atoms with E-state index in [4.69, 9.17) is 14.5 Å². The van der Waals surface area contributed by atoms with Crippen LogP contribution in [0.1, 0.15) is 16.0 Å². The van der Waals surface area contributed by atoms with Crippen molar-refractivity contribution in [3.8, 4) is 11.5 Å². The van der Waals surface area contributed by atoms with Gasteiger partial charge in [0.15, 0.2) is 16.7 Å². The van der Waals surface area contributed by atoms with Gasteiger partial charge < -0.3 is 9.47 Å². The summed E-state index contributed by atoms with van der Waals surface area (Å²) in [6.45, 7) is 4.26. The van der Waals surface area contributed by atoms with Crippen LogP contribution in [0, 0.1) is 13.8 Å². The normalized spacial score (nSPS) is 13.0. The molecule has 3 aromatic rings. The number of halogens is 1. The number of thiophene rings is 1. The van der Waals surface area contributed by atoms with Gasteiger partial charge in [-0.3, -0.25) is 9.36 Å². The van der Waals surface area contributed by atoms with Crippen molar-refractivity contribution in [3.05, 3.63) is 43.0 Å². The first-order chi connectivity index (χ1) is 12.0. The Morgan fingerprint density at radius 3 is 2.80 bits per heavy atom. The van der Waals surface area contributed by atoms with Gasteiger partial charge in [0.1, 0.15) is 4.83 Å². The molecule has 2 aromatic heterocycles. The Kier molecular flexibility index (Phi) is 4.29. The zero-order valence-corrected chi connectivity index (χ0v) is 17.1. The topological polar surface area (TPSA) is 53.4 Å². The van der Waals surface area contributed by atoms with E-state index in [-0.39, 0.29) is 12.4 Å². The number of ether oxygens (including phenoxy) is 2. The van der Waals surface area contributed by atoms with Gasteiger partial charge in [-0.2, -0.15) is 0 Å². The van der Waals surface area contributed by atoms with Gasteiger partial charge in [0.25, 0.3) is 5.56 Å². The van der Waals surface area contributed by atoms with E-state index in [1.807, 2.05) is 26.0 Å². The van der Waals surface area contributed by atoms with Gasteiger partial charge in [0.05, 0.1) is 5.39 Å². The van der Waals surface area contributed by atoms with E-state index < -0.39 is 0 Å². The molecule has 3 heterocycles. The molecule has 0 unspecified atom stereocenters. The third-order valence-electron chi connectivity index (χ3n) is 4.27. The van der Waals surface area contributed by atoms with E-state index in [0.29, 0.717) is 10.9 Å². The second-order valence-electron chi connectivity index (χ2n) is 5.81. The Morgan fingerprint density at radius 1 is 1.32 bits per heavy atom. The standard InChI is InChI=1S/C17H15BrN2O3S2/c1-8-9(2)25-15-14(8)16(21)20(3)17(19-15)24-6-10-4-12-13(5-11(10)18)23-7-22-12/h4-5H,6-7H2,1-3H3. The van der Waals surface area contributed by atoms with Crippen molar-refractivity contribution < 1.29 is 9.47 Å². The molecule has 0 saturated heterocycles. The first-order valence-corrected chi connectivity index (χ1v) is 10.2. The van der Waals surface area contributed by atoms with Crippen LogP contribution in [0.3, 0.4) is 0 Å². The number of nitrogens with zero attached hydrogens (tertiary/aromatic N) is 2. The molecule has 0 spiro atoms. The summed E-state index contributed by atoms with van der Waals surface area (Å²) in [4.78, 5) is 19.3. The molecule has 0 fully saturated rings. The molecule has 5 nitrogen and oxygen atoms in total. The Labute approximate surface area is 161 Å². The summed E-state index contributed by atoms with van der Waals surface area (Å²) in [5.41, 5.74) is 2.12. The fourth-order valence-electron chi connectivity index (χ4n) is 2.70. The first kappa shape index (κ1) is 16.9. The Balaban J connectivity index is 1.68. The van der Waals surface area contributed by atoms with Crippen LogP contribution in [-0.4, -0.2) is 16.3 Å². The van der Waals surface area contributed by atoms with Crippen molar-refractivity contribution in [2.24, 2.45) is 7.05 Å². The van der Waals surface area contributed by atoms with Gasteiger partial charge in [0.2, 0.25) is 6.79 Å². The number of hydrogen-bond acceptors (Lipinski definition) is 6. The van der Waals surface area contributed by atoms with Crippen molar-refractivity contribution in [1.29, 1.82) is 0 Å². The third-order valence-corrected chi connectivity index (χ3v) is 7.19. The molecular weight excluding hydrogens is 424 g/mol. The van der Waals surface area contributed by atoms with Gasteiger partial charge in [-0.05, 0) is 37.1 Å². The fourth-order valence-corrected chi connectivity index (χ4v) is 5.38. The lowest BCUT2D eigenvalue weighted by Crippen LogP contribution is -2.19. The molecule has 1 aliphatic heterocycles. The molecule has 0 radical (unpaired) electrons. The molecule has 0 atom stereocenters. The summed E-state index contributed by atoms with van der Waals surface area (Å²) >= 11 is 6.68. The Morgan fingerprint density at radius 2 is 2.04 bits per heavy atom. The minimum Gasteiger partial charge on any atom is -0.454 e. The molecule has 0 N–H and O–H groups in total. The minimum absolute atomic E-state index is 0.0131. The maximum Gasteiger partial charge on any atom is 0.262 e. The van der Waals surface area contributed by atoms with Crippen LogP contribution in [0.2, 0.25) is 0 Å². The monoisotopic (exact) mass is 438 g/mol. The second kappa shape index (κ2) is 6.34. The predicted octanol–water partition coefficient (Wildman–Crippen LogP) is 4.40. The van der Waals surface area contributed by atoms with Gasteiger partial charge in [-0.25, -0.2) is 4.98 Å². The van der Waals surface area contributed by atoms with Crippen LogP contribution < -0.4 is 15.0 Å². The highest BCUT2D eigenvalue weighted by molar-refractivity contribution is 9.10. The van der Waals surface area contributed by atoms with Crippen LogP contribution in [0.4, 0.5) is 0 Å². The molecule has 0 amide bonds. The summed E-state index contributed by atoms with van der Waals surface area (Å²) in [6, 6.07) is 3.88. The summed E-state index contributed by atoms with van der Waals surface area (Å²) < 4.78 is 13.4. The largest absolute Gasteiger partial charge is 0.454 e. The minimum atomic E-state index is 0.0131. The van der Waals surface area contributed by atoms with E-state index in [2.05, 4.69) is 15.9 Å². The highest BCUT2D eigenvalue weighted by atomic mass is 79.9. The van der Waals surface area contributed by atoms with Crippen LogP contribution >= 0.6 is 39.0 Å². The van der Waals surface area contributed by atoms with Crippen LogP contribution in [0.15, 0.2) is 26.6 Å². The van der Waals surface area contributed by atoms with E-state index in [1.165, 1.54) is 11.8 Å². The summed E-state index contributed by atoms with van der Waals surface area (Å²) in [6.07, 6.45) is 0. The lowest BCUT2D eigenvalue weighted by Gasteiger charge is -2.09. The molecule has 0 saturated carbocycles. The fraction of sp³-hybridized carbons (Fsp3) is 0.294. The SMILES string of the molecule is Cc1sc2nc(SCc3cc4c(cc3Br)OCO4)n(C)c(=O)c2c1C. The van der Waals surface area contributed by atoms with E-state index >= 15 is 0 Å². The molecular formula is C17H15BrN2O3S2. The molecule has 25 heavy (non-hydrogen) atoms. The number of rotatable bonds is 3. The Hall–Kier alpha value is -1.51. The number of fused-ring (bicyclic) bond motifs is 2.